The lowest BCUT2D eigenvalue weighted by molar-refractivity contribution is -0.138. The number of likely N-dealkylation sites (N-methyl/N-ethyl adjacent to an activating group) is 1. The van der Waals surface area contributed by atoms with Gasteiger partial charge in [0.1, 0.15) is 6.61 Å². The van der Waals surface area contributed by atoms with E-state index in [2.05, 4.69) is 10.2 Å². The standard InChI is InChI=1S/C17H23ClN2O5/c1-3-20(4-2)9-10-25-17(24)13-6-5-12(11-14(13)18)19-15(21)7-8-16(22)23/h5-6,11H,3-4,7-10H2,1-2H3,(H,19,21)(H,22,23). The fourth-order valence-electron chi connectivity index (χ4n) is 2.09. The zero-order valence-electron chi connectivity index (χ0n) is 14.4. The topological polar surface area (TPSA) is 95.9 Å². The molecule has 8 heteroatoms. The number of anilines is 1. The molecule has 1 rings (SSSR count). The summed E-state index contributed by atoms with van der Waals surface area (Å²) in [5, 5.41) is 11.2. The molecule has 1 aromatic carbocycles. The number of hydrogen-bond acceptors (Lipinski definition) is 5. The molecule has 0 atom stereocenters. The van der Waals surface area contributed by atoms with Gasteiger partial charge in [0.15, 0.2) is 0 Å². The molecule has 0 aliphatic heterocycles. The number of carboxylic acids is 1. The van der Waals surface area contributed by atoms with E-state index in [4.69, 9.17) is 21.4 Å². The van der Waals surface area contributed by atoms with Crippen LogP contribution >= 0.6 is 11.6 Å². The summed E-state index contributed by atoms with van der Waals surface area (Å²) in [6.07, 6.45) is -0.390. The molecule has 0 radical (unpaired) electrons. The Bertz CT molecular complexity index is 617. The van der Waals surface area contributed by atoms with Crippen LogP contribution in [0.25, 0.3) is 0 Å². The smallest absolute Gasteiger partial charge is 0.339 e. The van der Waals surface area contributed by atoms with Crippen LogP contribution in [0.5, 0.6) is 0 Å². The summed E-state index contributed by atoms with van der Waals surface area (Å²) in [6, 6.07) is 4.42. The number of carbonyl (C=O) groups is 3. The van der Waals surface area contributed by atoms with Gasteiger partial charge in [-0.25, -0.2) is 4.79 Å². The third kappa shape index (κ3) is 7.53. The second kappa shape index (κ2) is 10.7. The summed E-state index contributed by atoms with van der Waals surface area (Å²) >= 11 is 6.07. The molecule has 0 saturated carbocycles. The van der Waals surface area contributed by atoms with E-state index in [1.807, 2.05) is 13.8 Å². The maximum Gasteiger partial charge on any atom is 0.339 e. The summed E-state index contributed by atoms with van der Waals surface area (Å²) in [7, 11) is 0. The minimum atomic E-state index is -1.05. The van der Waals surface area contributed by atoms with Gasteiger partial charge in [0.25, 0.3) is 0 Å². The Hall–Kier alpha value is -2.12. The highest BCUT2D eigenvalue weighted by atomic mass is 35.5. The summed E-state index contributed by atoms with van der Waals surface area (Å²) in [5.74, 6) is -2.01. The number of amides is 1. The van der Waals surface area contributed by atoms with Gasteiger partial charge in [0.2, 0.25) is 5.91 Å². The molecule has 0 aliphatic carbocycles. The number of rotatable bonds is 10. The molecule has 0 aliphatic rings. The minimum Gasteiger partial charge on any atom is -0.481 e. The predicted molar refractivity (Wildman–Crippen MR) is 95.0 cm³/mol. The Labute approximate surface area is 151 Å². The Morgan fingerprint density at radius 3 is 2.44 bits per heavy atom. The first-order chi connectivity index (χ1) is 11.9. The predicted octanol–water partition coefficient (Wildman–Crippen LogP) is 2.64. The van der Waals surface area contributed by atoms with Crippen molar-refractivity contribution in [2.45, 2.75) is 26.7 Å². The van der Waals surface area contributed by atoms with E-state index in [-0.39, 0.29) is 30.0 Å². The average Bonchev–Trinajstić information content (AvgIpc) is 2.57. The summed E-state index contributed by atoms with van der Waals surface area (Å²) in [6.45, 7) is 6.74. The molecule has 1 aromatic rings. The van der Waals surface area contributed by atoms with Gasteiger partial charge < -0.3 is 20.1 Å². The molecular weight excluding hydrogens is 348 g/mol. The summed E-state index contributed by atoms with van der Waals surface area (Å²) in [5.41, 5.74) is 0.602. The van der Waals surface area contributed by atoms with Crippen LogP contribution in [-0.4, -0.2) is 54.1 Å². The highest BCUT2D eigenvalue weighted by molar-refractivity contribution is 6.34. The number of carboxylic acid groups (broad SMARTS) is 1. The Balaban J connectivity index is 2.58. The number of nitrogens with one attached hydrogen (secondary N) is 1. The van der Waals surface area contributed by atoms with Crippen LogP contribution < -0.4 is 5.32 Å². The number of esters is 1. The van der Waals surface area contributed by atoms with Crippen LogP contribution in [0.1, 0.15) is 37.0 Å². The fraction of sp³-hybridized carbons (Fsp3) is 0.471. The molecule has 0 aromatic heterocycles. The molecule has 2 N–H and O–H groups in total. The van der Waals surface area contributed by atoms with Gasteiger partial charge in [-0.05, 0) is 31.3 Å². The number of nitrogens with zero attached hydrogens (tertiary/aromatic N) is 1. The van der Waals surface area contributed by atoms with E-state index in [1.54, 1.807) is 0 Å². The van der Waals surface area contributed by atoms with E-state index in [0.29, 0.717) is 12.2 Å². The van der Waals surface area contributed by atoms with Crippen LogP contribution in [0.3, 0.4) is 0 Å². The van der Waals surface area contributed by atoms with Crippen molar-refractivity contribution in [3.8, 4) is 0 Å². The van der Waals surface area contributed by atoms with E-state index in [9.17, 15) is 14.4 Å². The third-order valence-electron chi connectivity index (χ3n) is 3.57. The highest BCUT2D eigenvalue weighted by Crippen LogP contribution is 2.22. The lowest BCUT2D eigenvalue weighted by Crippen LogP contribution is -2.27. The molecular formula is C17H23ClN2O5. The van der Waals surface area contributed by atoms with Gasteiger partial charge >= 0.3 is 11.9 Å². The monoisotopic (exact) mass is 370 g/mol. The quantitative estimate of drug-likeness (QED) is 0.615. The van der Waals surface area contributed by atoms with Crippen molar-refractivity contribution in [2.24, 2.45) is 0 Å². The molecule has 25 heavy (non-hydrogen) atoms. The van der Waals surface area contributed by atoms with Crippen molar-refractivity contribution in [2.75, 3.05) is 31.6 Å². The first-order valence-electron chi connectivity index (χ1n) is 8.08. The Morgan fingerprint density at radius 2 is 1.88 bits per heavy atom. The molecule has 0 heterocycles. The Kier molecular flexibility index (Phi) is 8.94. The molecule has 0 fully saturated rings. The lowest BCUT2D eigenvalue weighted by Gasteiger charge is -2.17. The van der Waals surface area contributed by atoms with Crippen molar-refractivity contribution < 1.29 is 24.2 Å². The van der Waals surface area contributed by atoms with E-state index in [0.717, 1.165) is 13.1 Å². The molecule has 138 valence electrons. The molecule has 0 unspecified atom stereocenters. The molecule has 0 spiro atoms. The number of aliphatic carboxylic acids is 1. The van der Waals surface area contributed by atoms with Gasteiger partial charge in [0.05, 0.1) is 17.0 Å². The second-order valence-electron chi connectivity index (χ2n) is 5.30. The largest absolute Gasteiger partial charge is 0.481 e. The molecule has 1 amide bonds. The van der Waals surface area contributed by atoms with E-state index < -0.39 is 17.8 Å². The number of halogens is 1. The number of carbonyl (C=O) groups excluding carboxylic acids is 2. The van der Waals surface area contributed by atoms with Crippen LogP contribution in [0.4, 0.5) is 5.69 Å². The number of ether oxygens (including phenoxy) is 1. The molecule has 7 nitrogen and oxygen atoms in total. The molecule has 0 bridgehead atoms. The maximum atomic E-state index is 12.1. The van der Waals surface area contributed by atoms with E-state index >= 15 is 0 Å². The second-order valence-corrected chi connectivity index (χ2v) is 5.71. The normalized spacial score (nSPS) is 10.6. The average molecular weight is 371 g/mol. The summed E-state index contributed by atoms with van der Waals surface area (Å²) < 4.78 is 5.21. The summed E-state index contributed by atoms with van der Waals surface area (Å²) in [4.78, 5) is 36.2. The van der Waals surface area contributed by atoms with Crippen LogP contribution in [0, 0.1) is 0 Å². The van der Waals surface area contributed by atoms with Crippen molar-refractivity contribution in [1.29, 1.82) is 0 Å². The van der Waals surface area contributed by atoms with E-state index in [1.165, 1.54) is 18.2 Å². The SMILES string of the molecule is CCN(CC)CCOC(=O)c1ccc(NC(=O)CCC(=O)O)cc1Cl. The van der Waals surface area contributed by atoms with Gasteiger partial charge in [0, 0.05) is 18.7 Å². The van der Waals surface area contributed by atoms with Crippen LogP contribution in [0.2, 0.25) is 5.02 Å². The zero-order valence-corrected chi connectivity index (χ0v) is 15.1. The maximum absolute atomic E-state index is 12.1. The third-order valence-corrected chi connectivity index (χ3v) is 3.89. The highest BCUT2D eigenvalue weighted by Gasteiger charge is 2.14. The van der Waals surface area contributed by atoms with Crippen molar-refractivity contribution >= 4 is 35.1 Å². The van der Waals surface area contributed by atoms with Gasteiger partial charge in [-0.3, -0.25) is 9.59 Å². The molecule has 0 saturated heterocycles. The zero-order chi connectivity index (χ0) is 18.8. The van der Waals surface area contributed by atoms with Crippen LogP contribution in [-0.2, 0) is 14.3 Å². The Morgan fingerprint density at radius 1 is 1.20 bits per heavy atom. The van der Waals surface area contributed by atoms with Gasteiger partial charge in [-0.1, -0.05) is 25.4 Å². The van der Waals surface area contributed by atoms with Crippen molar-refractivity contribution in [1.82, 2.24) is 4.90 Å². The number of hydrogen-bond donors (Lipinski definition) is 2. The van der Waals surface area contributed by atoms with Crippen molar-refractivity contribution in [3.63, 3.8) is 0 Å². The van der Waals surface area contributed by atoms with Gasteiger partial charge in [-0.15, -0.1) is 0 Å². The number of benzene rings is 1. The lowest BCUT2D eigenvalue weighted by atomic mass is 10.2. The van der Waals surface area contributed by atoms with Gasteiger partial charge in [-0.2, -0.15) is 0 Å². The first kappa shape index (κ1) is 20.9. The first-order valence-corrected chi connectivity index (χ1v) is 8.45. The van der Waals surface area contributed by atoms with Crippen LogP contribution in [0.15, 0.2) is 18.2 Å². The minimum absolute atomic E-state index is 0.137. The fourth-order valence-corrected chi connectivity index (χ4v) is 2.35. The van der Waals surface area contributed by atoms with Crippen molar-refractivity contribution in [3.05, 3.63) is 28.8 Å².